The Balaban J connectivity index is 2.71. The molecule has 0 heterocycles. The van der Waals surface area contributed by atoms with Gasteiger partial charge in [-0.2, -0.15) is 0 Å². The van der Waals surface area contributed by atoms with Crippen LogP contribution < -0.4 is 18.9 Å². The third-order valence-electron chi connectivity index (χ3n) is 3.79. The largest absolute Gasteiger partial charge is 0.423 e. The van der Waals surface area contributed by atoms with Crippen LogP contribution in [0.3, 0.4) is 0 Å². The van der Waals surface area contributed by atoms with Crippen LogP contribution in [0.2, 0.25) is 0 Å². The summed E-state index contributed by atoms with van der Waals surface area (Å²) in [7, 11) is 0. The molecule has 0 unspecified atom stereocenters. The molecule has 0 aliphatic rings. The first kappa shape index (κ1) is 24.5. The van der Waals surface area contributed by atoms with E-state index >= 15 is 0 Å². The zero-order valence-corrected chi connectivity index (χ0v) is 17.2. The standard InChI is InChI=1S/C24H17FO8/c1-5-21(26)30-14-9-10-15(18(11-14)31-22(27)6-2)16-12-17(25)20(33-24(29)8-4)13-19(16)32-23(28)7-3/h5-13H,1-4H2. The fourth-order valence-corrected chi connectivity index (χ4v) is 2.39. The lowest BCUT2D eigenvalue weighted by Crippen LogP contribution is -2.09. The van der Waals surface area contributed by atoms with E-state index in [1.165, 1.54) is 18.2 Å². The quantitative estimate of drug-likeness (QED) is 0.321. The first-order valence-corrected chi connectivity index (χ1v) is 9.07. The van der Waals surface area contributed by atoms with Crippen LogP contribution in [0.25, 0.3) is 11.1 Å². The maximum absolute atomic E-state index is 14.7. The Kier molecular flexibility index (Phi) is 8.16. The Labute approximate surface area is 187 Å². The van der Waals surface area contributed by atoms with Crippen molar-refractivity contribution in [2.45, 2.75) is 0 Å². The fraction of sp³-hybridized carbons (Fsp3) is 0. The second-order valence-electron chi connectivity index (χ2n) is 5.94. The molecule has 8 nitrogen and oxygen atoms in total. The summed E-state index contributed by atoms with van der Waals surface area (Å²) in [5.74, 6) is -5.48. The van der Waals surface area contributed by atoms with Gasteiger partial charge in [0.05, 0.1) is 0 Å². The van der Waals surface area contributed by atoms with Crippen molar-refractivity contribution in [2.24, 2.45) is 0 Å². The van der Waals surface area contributed by atoms with Gasteiger partial charge < -0.3 is 18.9 Å². The van der Waals surface area contributed by atoms with E-state index in [1.807, 2.05) is 0 Å². The van der Waals surface area contributed by atoms with Crippen molar-refractivity contribution in [1.29, 1.82) is 0 Å². The Morgan fingerprint density at radius 3 is 1.58 bits per heavy atom. The van der Waals surface area contributed by atoms with Gasteiger partial charge in [0.25, 0.3) is 0 Å². The second-order valence-corrected chi connectivity index (χ2v) is 5.94. The highest BCUT2D eigenvalue weighted by atomic mass is 19.1. The Morgan fingerprint density at radius 1 is 0.606 bits per heavy atom. The van der Waals surface area contributed by atoms with Crippen molar-refractivity contribution in [3.63, 3.8) is 0 Å². The van der Waals surface area contributed by atoms with Gasteiger partial charge in [0.15, 0.2) is 11.6 Å². The zero-order chi connectivity index (χ0) is 24.5. The summed E-state index contributed by atoms with van der Waals surface area (Å²) in [6, 6.07) is 5.68. The highest BCUT2D eigenvalue weighted by molar-refractivity contribution is 5.90. The molecular weight excluding hydrogens is 435 g/mol. The molecule has 0 radical (unpaired) electrons. The third kappa shape index (κ3) is 6.34. The van der Waals surface area contributed by atoms with Gasteiger partial charge in [-0.25, -0.2) is 23.6 Å². The summed E-state index contributed by atoms with van der Waals surface area (Å²) >= 11 is 0. The summed E-state index contributed by atoms with van der Waals surface area (Å²) in [6.45, 7) is 13.1. The van der Waals surface area contributed by atoms with Gasteiger partial charge in [-0.15, -0.1) is 0 Å². The van der Waals surface area contributed by atoms with E-state index in [9.17, 15) is 23.6 Å². The molecule has 0 aromatic heterocycles. The molecule has 2 aromatic rings. The molecule has 33 heavy (non-hydrogen) atoms. The number of halogens is 1. The van der Waals surface area contributed by atoms with Crippen molar-refractivity contribution in [3.05, 3.63) is 86.8 Å². The van der Waals surface area contributed by atoms with Crippen molar-refractivity contribution in [3.8, 4) is 34.1 Å². The number of carbonyl (C=O) groups is 4. The van der Waals surface area contributed by atoms with E-state index in [1.54, 1.807) is 0 Å². The second kappa shape index (κ2) is 11.0. The smallest absolute Gasteiger partial charge is 0.335 e. The average Bonchev–Trinajstić information content (AvgIpc) is 2.80. The molecular formula is C24H17FO8. The predicted molar refractivity (Wildman–Crippen MR) is 115 cm³/mol. The van der Waals surface area contributed by atoms with Crippen LogP contribution in [0.15, 0.2) is 81.0 Å². The van der Waals surface area contributed by atoms with E-state index in [0.717, 1.165) is 36.4 Å². The minimum absolute atomic E-state index is 0.0165. The first-order valence-electron chi connectivity index (χ1n) is 9.07. The van der Waals surface area contributed by atoms with E-state index < -0.39 is 35.4 Å². The van der Waals surface area contributed by atoms with E-state index in [0.29, 0.717) is 0 Å². The summed E-state index contributed by atoms with van der Waals surface area (Å²) < 4.78 is 34.9. The number of hydrogen-bond acceptors (Lipinski definition) is 8. The maximum Gasteiger partial charge on any atom is 0.335 e. The van der Waals surface area contributed by atoms with E-state index in [4.69, 9.17) is 18.9 Å². The van der Waals surface area contributed by atoms with Crippen LogP contribution in [0.4, 0.5) is 4.39 Å². The molecule has 2 rings (SSSR count). The normalized spacial score (nSPS) is 9.73. The van der Waals surface area contributed by atoms with Gasteiger partial charge in [-0.3, -0.25) is 0 Å². The Hall–Kier alpha value is -4.79. The summed E-state index contributed by atoms with van der Waals surface area (Å²) in [4.78, 5) is 46.7. The molecule has 0 amide bonds. The number of benzene rings is 2. The van der Waals surface area contributed by atoms with Crippen LogP contribution in [0.5, 0.6) is 23.0 Å². The molecule has 0 spiro atoms. The topological polar surface area (TPSA) is 105 Å². The number of carbonyl (C=O) groups excluding carboxylic acids is 4. The van der Waals surface area contributed by atoms with Gasteiger partial charge >= 0.3 is 23.9 Å². The number of hydrogen-bond donors (Lipinski definition) is 0. The zero-order valence-electron chi connectivity index (χ0n) is 17.2. The SMILES string of the molecule is C=CC(=O)Oc1ccc(-c2cc(F)c(OC(=O)C=C)cc2OC(=O)C=C)c(OC(=O)C=C)c1. The van der Waals surface area contributed by atoms with Gasteiger partial charge in [-0.1, -0.05) is 26.3 Å². The molecule has 0 fully saturated rings. The highest BCUT2D eigenvalue weighted by Crippen LogP contribution is 2.41. The van der Waals surface area contributed by atoms with Crippen LogP contribution in [-0.2, 0) is 19.2 Å². The van der Waals surface area contributed by atoms with Gasteiger partial charge in [0, 0.05) is 47.6 Å². The fourth-order valence-electron chi connectivity index (χ4n) is 2.39. The third-order valence-corrected chi connectivity index (χ3v) is 3.79. The molecule has 9 heteroatoms. The number of esters is 4. The average molecular weight is 452 g/mol. The van der Waals surface area contributed by atoms with Crippen molar-refractivity contribution in [2.75, 3.05) is 0 Å². The molecule has 0 saturated heterocycles. The minimum Gasteiger partial charge on any atom is -0.423 e. The molecule has 168 valence electrons. The molecule has 0 atom stereocenters. The first-order chi connectivity index (χ1) is 15.7. The van der Waals surface area contributed by atoms with Crippen molar-refractivity contribution >= 4 is 23.9 Å². The van der Waals surface area contributed by atoms with Crippen LogP contribution in [0, 0.1) is 5.82 Å². The molecule has 0 saturated carbocycles. The Bertz CT molecular complexity index is 1180. The van der Waals surface area contributed by atoms with Crippen molar-refractivity contribution in [1.82, 2.24) is 0 Å². The minimum atomic E-state index is -0.998. The van der Waals surface area contributed by atoms with Crippen LogP contribution in [0.1, 0.15) is 0 Å². The summed E-state index contributed by atoms with van der Waals surface area (Å²) in [6.07, 6.45) is 3.48. The monoisotopic (exact) mass is 452 g/mol. The number of rotatable bonds is 9. The molecule has 0 N–H and O–H groups in total. The molecule has 0 bridgehead atoms. The maximum atomic E-state index is 14.7. The van der Waals surface area contributed by atoms with Crippen LogP contribution in [-0.4, -0.2) is 23.9 Å². The predicted octanol–water partition coefficient (Wildman–Crippen LogP) is 3.86. The van der Waals surface area contributed by atoms with E-state index in [-0.39, 0.29) is 28.4 Å². The lowest BCUT2D eigenvalue weighted by atomic mass is 10.0. The van der Waals surface area contributed by atoms with E-state index in [2.05, 4.69) is 26.3 Å². The van der Waals surface area contributed by atoms with Gasteiger partial charge in [0.2, 0.25) is 0 Å². The summed E-state index contributed by atoms with van der Waals surface area (Å²) in [5.41, 5.74) is 0.00511. The number of ether oxygens (including phenoxy) is 4. The highest BCUT2D eigenvalue weighted by Gasteiger charge is 2.21. The molecule has 0 aliphatic heterocycles. The van der Waals surface area contributed by atoms with Crippen LogP contribution >= 0.6 is 0 Å². The Morgan fingerprint density at radius 2 is 1.06 bits per heavy atom. The molecule has 0 aliphatic carbocycles. The summed E-state index contributed by atoms with van der Waals surface area (Å²) in [5, 5.41) is 0. The van der Waals surface area contributed by atoms with Gasteiger partial charge in [-0.05, 0) is 18.2 Å². The molecule has 2 aromatic carbocycles. The lowest BCUT2D eigenvalue weighted by molar-refractivity contribution is -0.130. The van der Waals surface area contributed by atoms with Crippen molar-refractivity contribution < 1.29 is 42.5 Å². The lowest BCUT2D eigenvalue weighted by Gasteiger charge is -2.16. The van der Waals surface area contributed by atoms with Gasteiger partial charge in [0.1, 0.15) is 17.2 Å².